The Balaban J connectivity index is 1.56. The summed E-state index contributed by atoms with van der Waals surface area (Å²) in [5.41, 5.74) is 2.94. The quantitative estimate of drug-likeness (QED) is 0.944. The molecule has 0 radical (unpaired) electrons. The normalized spacial score (nSPS) is 23.9. The van der Waals surface area contributed by atoms with Crippen molar-refractivity contribution in [3.05, 3.63) is 53.6 Å². The van der Waals surface area contributed by atoms with E-state index in [4.69, 9.17) is 4.74 Å². The van der Waals surface area contributed by atoms with Crippen molar-refractivity contribution in [3.63, 3.8) is 0 Å². The highest BCUT2D eigenvalue weighted by Gasteiger charge is 2.37. The van der Waals surface area contributed by atoms with Crippen molar-refractivity contribution in [1.82, 2.24) is 14.9 Å². The topological polar surface area (TPSA) is 58.2 Å². The van der Waals surface area contributed by atoms with Gasteiger partial charge < -0.3 is 14.6 Å². The highest BCUT2D eigenvalue weighted by molar-refractivity contribution is 5.95. The van der Waals surface area contributed by atoms with Gasteiger partial charge in [-0.25, -0.2) is 0 Å². The summed E-state index contributed by atoms with van der Waals surface area (Å²) in [5, 5.41) is 0. The third-order valence-corrected chi connectivity index (χ3v) is 4.89. The number of carbonyl (C=O) groups is 1. The van der Waals surface area contributed by atoms with Crippen LogP contribution in [0.1, 0.15) is 52.9 Å². The summed E-state index contributed by atoms with van der Waals surface area (Å²) in [6.45, 7) is 0.671. The van der Waals surface area contributed by atoms with Crippen LogP contribution in [0.2, 0.25) is 0 Å². The molecule has 120 valence electrons. The van der Waals surface area contributed by atoms with Crippen molar-refractivity contribution < 1.29 is 9.53 Å². The number of amides is 1. The van der Waals surface area contributed by atoms with E-state index in [1.54, 1.807) is 6.20 Å². The first-order chi connectivity index (χ1) is 11.3. The van der Waals surface area contributed by atoms with E-state index >= 15 is 0 Å². The van der Waals surface area contributed by atoms with E-state index in [0.717, 1.165) is 23.2 Å². The molecule has 4 rings (SSSR count). The second-order valence-electron chi connectivity index (χ2n) is 6.43. The number of aromatic nitrogens is 2. The molecule has 2 fully saturated rings. The number of hydrogen-bond acceptors (Lipinski definition) is 3. The Labute approximate surface area is 135 Å². The summed E-state index contributed by atoms with van der Waals surface area (Å²) in [7, 11) is 1.88. The Hall–Kier alpha value is -2.14. The first-order valence-corrected chi connectivity index (χ1v) is 8.21. The highest BCUT2D eigenvalue weighted by atomic mass is 16.5. The third-order valence-electron chi connectivity index (χ3n) is 4.89. The van der Waals surface area contributed by atoms with E-state index in [2.05, 4.69) is 9.97 Å². The summed E-state index contributed by atoms with van der Waals surface area (Å²) < 4.78 is 5.89. The van der Waals surface area contributed by atoms with Crippen LogP contribution in [0.3, 0.4) is 0 Å². The molecule has 0 spiro atoms. The molecule has 23 heavy (non-hydrogen) atoms. The first kappa shape index (κ1) is 14.5. The maximum Gasteiger partial charge on any atom is 0.255 e. The Morgan fingerprint density at radius 2 is 2.22 bits per heavy atom. The van der Waals surface area contributed by atoms with Gasteiger partial charge in [-0.15, -0.1) is 0 Å². The molecule has 2 aromatic heterocycles. The standard InChI is InChI=1S/C18H21N3O2/c1-21(18(22)14-6-9-20-16(14)12-4-5-12)15-7-10-23-17(15)13-3-2-8-19-11-13/h2-3,6,8-9,11-12,15,17,20H,4-5,7,10H2,1H3/t15-,17+/m0/s1. The number of ether oxygens (including phenoxy) is 1. The van der Waals surface area contributed by atoms with E-state index in [0.29, 0.717) is 12.5 Å². The van der Waals surface area contributed by atoms with Crippen LogP contribution in [0.15, 0.2) is 36.8 Å². The SMILES string of the molecule is CN(C(=O)c1cc[nH]c1C1CC1)[C@H]1CCO[C@@H]1c1cccnc1. The third kappa shape index (κ3) is 2.65. The van der Waals surface area contributed by atoms with Crippen molar-refractivity contribution in [3.8, 4) is 0 Å². The van der Waals surface area contributed by atoms with Crippen LogP contribution in [0, 0.1) is 0 Å². The number of pyridine rings is 1. The Morgan fingerprint density at radius 1 is 1.35 bits per heavy atom. The van der Waals surface area contributed by atoms with Gasteiger partial charge in [0.1, 0.15) is 6.10 Å². The van der Waals surface area contributed by atoms with Gasteiger partial charge in [-0.3, -0.25) is 9.78 Å². The zero-order chi connectivity index (χ0) is 15.8. The lowest BCUT2D eigenvalue weighted by molar-refractivity contribution is 0.0514. The highest BCUT2D eigenvalue weighted by Crippen LogP contribution is 2.41. The summed E-state index contributed by atoms with van der Waals surface area (Å²) in [4.78, 5) is 22.2. The molecule has 0 bridgehead atoms. The van der Waals surface area contributed by atoms with E-state index in [-0.39, 0.29) is 18.1 Å². The van der Waals surface area contributed by atoms with E-state index in [1.807, 2.05) is 42.5 Å². The summed E-state index contributed by atoms with van der Waals surface area (Å²) in [5.74, 6) is 0.615. The molecule has 1 aliphatic carbocycles. The molecule has 5 heteroatoms. The fraction of sp³-hybridized carbons (Fsp3) is 0.444. The maximum atomic E-state index is 13.0. The fourth-order valence-corrected chi connectivity index (χ4v) is 3.46. The van der Waals surface area contributed by atoms with Crippen molar-refractivity contribution in [2.24, 2.45) is 0 Å². The van der Waals surface area contributed by atoms with Crippen LogP contribution in [0.4, 0.5) is 0 Å². The molecule has 1 saturated heterocycles. The second kappa shape index (κ2) is 5.81. The van der Waals surface area contributed by atoms with Gasteiger partial charge in [-0.05, 0) is 37.3 Å². The van der Waals surface area contributed by atoms with Crippen LogP contribution in [-0.4, -0.2) is 40.5 Å². The molecule has 3 heterocycles. The molecule has 2 atom stereocenters. The summed E-state index contributed by atoms with van der Waals surface area (Å²) >= 11 is 0. The minimum Gasteiger partial charge on any atom is -0.371 e. The molecular formula is C18H21N3O2. The van der Waals surface area contributed by atoms with Gasteiger partial charge in [0.05, 0.1) is 11.6 Å². The lowest BCUT2D eigenvalue weighted by atomic mass is 10.0. The number of hydrogen-bond donors (Lipinski definition) is 1. The molecule has 0 aromatic carbocycles. The molecule has 0 unspecified atom stereocenters. The van der Waals surface area contributed by atoms with Gasteiger partial charge in [0.25, 0.3) is 5.91 Å². The molecule has 2 aromatic rings. The van der Waals surface area contributed by atoms with Gasteiger partial charge in [-0.1, -0.05) is 6.07 Å². The minimum atomic E-state index is -0.0963. The first-order valence-electron chi connectivity index (χ1n) is 8.21. The Kier molecular flexibility index (Phi) is 3.65. The van der Waals surface area contributed by atoms with E-state index in [9.17, 15) is 4.79 Å². The van der Waals surface area contributed by atoms with E-state index in [1.165, 1.54) is 12.8 Å². The van der Waals surface area contributed by atoms with Crippen LogP contribution in [-0.2, 0) is 4.74 Å². The molecular weight excluding hydrogens is 290 g/mol. The number of rotatable bonds is 4. The molecule has 1 N–H and O–H groups in total. The largest absolute Gasteiger partial charge is 0.371 e. The van der Waals surface area contributed by atoms with Crippen molar-refractivity contribution in [2.45, 2.75) is 37.3 Å². The van der Waals surface area contributed by atoms with E-state index < -0.39 is 0 Å². The van der Waals surface area contributed by atoms with Crippen molar-refractivity contribution >= 4 is 5.91 Å². The minimum absolute atomic E-state index is 0.0497. The second-order valence-corrected chi connectivity index (χ2v) is 6.43. The van der Waals surface area contributed by atoms with Gasteiger partial charge in [0.15, 0.2) is 0 Å². The molecule has 5 nitrogen and oxygen atoms in total. The smallest absolute Gasteiger partial charge is 0.255 e. The van der Waals surface area contributed by atoms with Crippen LogP contribution in [0.25, 0.3) is 0 Å². The fourth-order valence-electron chi connectivity index (χ4n) is 3.46. The Bertz CT molecular complexity index is 693. The van der Waals surface area contributed by atoms with Crippen LogP contribution < -0.4 is 0 Å². The predicted molar refractivity (Wildman–Crippen MR) is 86.2 cm³/mol. The maximum absolute atomic E-state index is 13.0. The number of carbonyl (C=O) groups excluding carboxylic acids is 1. The van der Waals surface area contributed by atoms with Gasteiger partial charge in [0.2, 0.25) is 0 Å². The van der Waals surface area contributed by atoms with Crippen LogP contribution in [0.5, 0.6) is 0 Å². The summed E-state index contributed by atoms with van der Waals surface area (Å²) in [6, 6.07) is 5.88. The van der Waals surface area contributed by atoms with Crippen molar-refractivity contribution in [1.29, 1.82) is 0 Å². The monoisotopic (exact) mass is 311 g/mol. The molecule has 2 aliphatic rings. The predicted octanol–water partition coefficient (Wildman–Crippen LogP) is 2.89. The molecule has 1 saturated carbocycles. The number of aromatic amines is 1. The summed E-state index contributed by atoms with van der Waals surface area (Å²) in [6.07, 6.45) is 8.56. The average Bonchev–Trinajstić information content (AvgIpc) is 3.13. The molecule has 1 aliphatic heterocycles. The van der Waals surface area contributed by atoms with Gasteiger partial charge in [0, 0.05) is 43.5 Å². The van der Waals surface area contributed by atoms with Gasteiger partial charge >= 0.3 is 0 Å². The number of likely N-dealkylation sites (N-methyl/N-ethyl adjacent to an activating group) is 1. The lowest BCUT2D eigenvalue weighted by Gasteiger charge is -2.29. The zero-order valence-electron chi connectivity index (χ0n) is 13.2. The zero-order valence-corrected chi connectivity index (χ0v) is 13.2. The molecule has 1 amide bonds. The van der Waals surface area contributed by atoms with Gasteiger partial charge in [-0.2, -0.15) is 0 Å². The van der Waals surface area contributed by atoms with Crippen LogP contribution >= 0.6 is 0 Å². The number of nitrogens with one attached hydrogen (secondary N) is 1. The lowest BCUT2D eigenvalue weighted by Crippen LogP contribution is -2.39. The Morgan fingerprint density at radius 3 is 2.96 bits per heavy atom. The average molecular weight is 311 g/mol. The van der Waals surface area contributed by atoms with Crippen molar-refractivity contribution in [2.75, 3.05) is 13.7 Å². The number of nitrogens with zero attached hydrogens (tertiary/aromatic N) is 2. The number of H-pyrrole nitrogens is 1.